The minimum absolute atomic E-state index is 0.0369. The van der Waals surface area contributed by atoms with Crippen molar-refractivity contribution in [3.8, 4) is 11.1 Å². The number of carbonyl (C=O) groups excluding carboxylic acids is 2. The Hall–Kier alpha value is -2.67. The Morgan fingerprint density at radius 1 is 0.808 bits per heavy atom. The van der Waals surface area contributed by atoms with Crippen LogP contribution in [0.4, 0.5) is 13.2 Å². The van der Waals surface area contributed by atoms with Crippen molar-refractivity contribution < 1.29 is 27.2 Å². The third kappa shape index (κ3) is 2.42. The summed E-state index contributed by atoms with van der Waals surface area (Å²) in [5.74, 6) is -3.31. The smallest absolute Gasteiger partial charge is 0.447 e. The molecule has 0 aliphatic heterocycles. The highest BCUT2D eigenvalue weighted by atomic mass is 79.9. The number of fused-ring (bicyclic) bond motifs is 2. The molecule has 26 heavy (non-hydrogen) atoms. The standard InChI is InChI=1S/C19H8BrF3O3/c20-10-7-5-9(6-8-10)13-14-15(24)11-3-1-2-4-12(11)16(25)17(14)26-18(13)19(21,22)23/h1-8H. The number of carbonyl (C=O) groups is 2. The molecule has 3 aromatic rings. The van der Waals surface area contributed by atoms with Gasteiger partial charge in [-0.15, -0.1) is 0 Å². The lowest BCUT2D eigenvalue weighted by molar-refractivity contribution is -0.152. The Kier molecular flexibility index (Phi) is 3.66. The topological polar surface area (TPSA) is 47.3 Å². The van der Waals surface area contributed by atoms with Gasteiger partial charge >= 0.3 is 6.18 Å². The SMILES string of the molecule is O=C1c2ccccc2C(=O)c2c1oc(C(F)(F)F)c2-c1ccc(Br)cc1. The Bertz CT molecular complexity index is 1060. The highest BCUT2D eigenvalue weighted by Crippen LogP contribution is 2.45. The third-order valence-corrected chi connectivity index (χ3v) is 4.68. The molecule has 3 nitrogen and oxygen atoms in total. The van der Waals surface area contributed by atoms with Gasteiger partial charge < -0.3 is 4.42 Å². The van der Waals surface area contributed by atoms with Crippen LogP contribution in [0.25, 0.3) is 11.1 Å². The highest BCUT2D eigenvalue weighted by molar-refractivity contribution is 9.10. The molecule has 7 heteroatoms. The molecule has 1 heterocycles. The van der Waals surface area contributed by atoms with Gasteiger partial charge in [0.25, 0.3) is 0 Å². The van der Waals surface area contributed by atoms with Crippen molar-refractivity contribution >= 4 is 27.5 Å². The van der Waals surface area contributed by atoms with E-state index in [1.807, 2.05) is 0 Å². The summed E-state index contributed by atoms with van der Waals surface area (Å²) in [5, 5.41) is 0. The fourth-order valence-corrected chi connectivity index (χ4v) is 3.30. The average Bonchev–Trinajstić information content (AvgIpc) is 3.02. The molecule has 0 saturated heterocycles. The van der Waals surface area contributed by atoms with Crippen molar-refractivity contribution in [2.75, 3.05) is 0 Å². The van der Waals surface area contributed by atoms with Gasteiger partial charge in [0.05, 0.1) is 5.56 Å². The van der Waals surface area contributed by atoms with E-state index >= 15 is 0 Å². The van der Waals surface area contributed by atoms with E-state index < -0.39 is 34.8 Å². The van der Waals surface area contributed by atoms with E-state index in [4.69, 9.17) is 4.42 Å². The van der Waals surface area contributed by atoms with Gasteiger partial charge in [-0.05, 0) is 17.7 Å². The summed E-state index contributed by atoms with van der Waals surface area (Å²) in [6.07, 6.45) is -4.85. The van der Waals surface area contributed by atoms with Crippen LogP contribution in [0.3, 0.4) is 0 Å². The summed E-state index contributed by atoms with van der Waals surface area (Å²) in [4.78, 5) is 25.5. The normalized spacial score (nSPS) is 13.5. The monoisotopic (exact) mass is 420 g/mol. The second-order valence-corrected chi connectivity index (χ2v) is 6.63. The van der Waals surface area contributed by atoms with E-state index in [1.54, 1.807) is 18.2 Å². The van der Waals surface area contributed by atoms with E-state index in [-0.39, 0.29) is 22.3 Å². The van der Waals surface area contributed by atoms with Crippen LogP contribution in [0.2, 0.25) is 0 Å². The molecule has 0 bridgehead atoms. The fourth-order valence-electron chi connectivity index (χ4n) is 3.04. The molecule has 0 amide bonds. The summed E-state index contributed by atoms with van der Waals surface area (Å²) in [6, 6.07) is 11.9. The zero-order chi connectivity index (χ0) is 18.6. The number of rotatable bonds is 1. The lowest BCUT2D eigenvalue weighted by Gasteiger charge is -2.14. The van der Waals surface area contributed by atoms with Gasteiger partial charge in [-0.1, -0.05) is 52.3 Å². The Labute approximate surface area is 153 Å². The zero-order valence-electron chi connectivity index (χ0n) is 12.9. The molecule has 130 valence electrons. The maximum absolute atomic E-state index is 13.6. The molecule has 0 saturated carbocycles. The lowest BCUT2D eigenvalue weighted by atomic mass is 9.85. The van der Waals surface area contributed by atoms with Crippen molar-refractivity contribution in [3.63, 3.8) is 0 Å². The van der Waals surface area contributed by atoms with E-state index in [0.29, 0.717) is 4.47 Å². The molecule has 0 unspecified atom stereocenters. The highest BCUT2D eigenvalue weighted by Gasteiger charge is 2.45. The molecule has 4 rings (SSSR count). The van der Waals surface area contributed by atoms with Gasteiger partial charge in [0, 0.05) is 21.2 Å². The van der Waals surface area contributed by atoms with Gasteiger partial charge in [-0.2, -0.15) is 13.2 Å². The number of ketones is 2. The molecule has 0 radical (unpaired) electrons. The minimum Gasteiger partial charge on any atom is -0.447 e. The van der Waals surface area contributed by atoms with Crippen molar-refractivity contribution in [2.24, 2.45) is 0 Å². The van der Waals surface area contributed by atoms with Crippen LogP contribution in [-0.2, 0) is 6.18 Å². The summed E-state index contributed by atoms with van der Waals surface area (Å²) < 4.78 is 46.3. The van der Waals surface area contributed by atoms with Crippen LogP contribution in [0.5, 0.6) is 0 Å². The molecular formula is C19H8BrF3O3. The molecule has 2 aromatic carbocycles. The van der Waals surface area contributed by atoms with Gasteiger partial charge in [-0.25, -0.2) is 0 Å². The second-order valence-electron chi connectivity index (χ2n) is 5.72. The number of halogens is 4. The Balaban J connectivity index is 2.06. The summed E-state index contributed by atoms with van der Waals surface area (Å²) in [6.45, 7) is 0. The molecule has 0 atom stereocenters. The van der Waals surface area contributed by atoms with Gasteiger partial charge in [-0.3, -0.25) is 9.59 Å². The Morgan fingerprint density at radius 3 is 1.96 bits per heavy atom. The molecule has 0 spiro atoms. The van der Waals surface area contributed by atoms with Crippen LogP contribution in [0.1, 0.15) is 37.8 Å². The van der Waals surface area contributed by atoms with Crippen LogP contribution in [0, 0.1) is 0 Å². The van der Waals surface area contributed by atoms with E-state index in [9.17, 15) is 22.8 Å². The number of hydrogen-bond donors (Lipinski definition) is 0. The van der Waals surface area contributed by atoms with Gasteiger partial charge in [0.2, 0.25) is 11.5 Å². The van der Waals surface area contributed by atoms with Crippen LogP contribution in [0.15, 0.2) is 57.4 Å². The minimum atomic E-state index is -4.85. The number of benzene rings is 2. The summed E-state index contributed by atoms with van der Waals surface area (Å²) >= 11 is 3.22. The summed E-state index contributed by atoms with van der Waals surface area (Å²) in [7, 11) is 0. The number of furan rings is 1. The zero-order valence-corrected chi connectivity index (χ0v) is 14.4. The van der Waals surface area contributed by atoms with Crippen molar-refractivity contribution in [3.05, 3.63) is 81.2 Å². The summed E-state index contributed by atoms with van der Waals surface area (Å²) in [5.41, 5.74) is -0.505. The average molecular weight is 421 g/mol. The third-order valence-electron chi connectivity index (χ3n) is 4.15. The molecule has 0 fully saturated rings. The predicted molar refractivity (Wildman–Crippen MR) is 90.2 cm³/mol. The molecule has 0 N–H and O–H groups in total. The number of alkyl halides is 3. The van der Waals surface area contributed by atoms with Crippen molar-refractivity contribution in [2.45, 2.75) is 6.18 Å². The maximum Gasteiger partial charge on any atom is 0.450 e. The number of hydrogen-bond acceptors (Lipinski definition) is 3. The quantitative estimate of drug-likeness (QED) is 0.408. The van der Waals surface area contributed by atoms with E-state index in [0.717, 1.165) is 0 Å². The lowest BCUT2D eigenvalue weighted by Crippen LogP contribution is -2.19. The first-order valence-corrected chi connectivity index (χ1v) is 8.26. The second kappa shape index (κ2) is 5.67. The molecule has 1 aliphatic rings. The fraction of sp³-hybridized carbons (Fsp3) is 0.0526. The van der Waals surface area contributed by atoms with E-state index in [1.165, 1.54) is 30.3 Å². The maximum atomic E-state index is 13.6. The van der Waals surface area contributed by atoms with Crippen molar-refractivity contribution in [1.82, 2.24) is 0 Å². The van der Waals surface area contributed by atoms with Crippen molar-refractivity contribution in [1.29, 1.82) is 0 Å². The first-order valence-electron chi connectivity index (χ1n) is 7.47. The molecule has 1 aromatic heterocycles. The van der Waals surface area contributed by atoms with Gasteiger partial charge in [0.15, 0.2) is 11.5 Å². The van der Waals surface area contributed by atoms with Crippen LogP contribution < -0.4 is 0 Å². The van der Waals surface area contributed by atoms with Crippen LogP contribution >= 0.6 is 15.9 Å². The molecule has 1 aliphatic carbocycles. The van der Waals surface area contributed by atoms with Crippen LogP contribution in [-0.4, -0.2) is 11.6 Å². The Morgan fingerprint density at radius 2 is 1.38 bits per heavy atom. The predicted octanol–water partition coefficient (Wildman–Crippen LogP) is 5.50. The molecular weight excluding hydrogens is 413 g/mol. The first kappa shape index (κ1) is 16.8. The van der Waals surface area contributed by atoms with Gasteiger partial charge in [0.1, 0.15) is 0 Å². The first-order chi connectivity index (χ1) is 12.3. The largest absolute Gasteiger partial charge is 0.450 e. The van der Waals surface area contributed by atoms with E-state index in [2.05, 4.69) is 15.9 Å².